The minimum Gasteiger partial charge on any atom is -0.444 e. The topological polar surface area (TPSA) is 121 Å². The first-order valence-electron chi connectivity index (χ1n) is 3.33. The largest absolute Gasteiger partial charge is 0.444 e. The molecule has 0 aliphatic carbocycles. The van der Waals surface area contributed by atoms with Crippen molar-refractivity contribution in [1.29, 1.82) is 0 Å². The van der Waals surface area contributed by atoms with Crippen LogP contribution in [0.2, 0.25) is 0 Å². The molecule has 0 heterocycles. The summed E-state index contributed by atoms with van der Waals surface area (Å²) >= 11 is 0. The van der Waals surface area contributed by atoms with Crippen molar-refractivity contribution in [2.24, 2.45) is 0 Å². The quantitative estimate of drug-likeness (QED) is 0.305. The lowest BCUT2D eigenvalue weighted by Crippen LogP contribution is -2.11. The molecule has 0 saturated carbocycles. The van der Waals surface area contributed by atoms with Crippen LogP contribution >= 0.6 is 0 Å². The van der Waals surface area contributed by atoms with Crippen LogP contribution in [0.5, 0.6) is 0 Å². The highest BCUT2D eigenvalue weighted by Gasteiger charge is 2.06. The highest BCUT2D eigenvalue weighted by atomic mass is 32.2. The lowest BCUT2D eigenvalue weighted by atomic mass is 10.7. The van der Waals surface area contributed by atoms with Crippen LogP contribution in [0.15, 0.2) is 12.7 Å². The number of hydrogen-bond donors (Lipinski definition) is 3. The van der Waals surface area contributed by atoms with Gasteiger partial charge in [0.15, 0.2) is 0 Å². The standard InChI is InChI=1S/C4H6O5S.C2H6O2/c1-2-4(5)9-3-10(6,7)8;3-1-2-4/h2H,1,3H2,(H,6,7,8);3-4H,1-2H2. The first kappa shape index (κ1) is 15.5. The maximum absolute atomic E-state index is 10.1. The summed E-state index contributed by atoms with van der Waals surface area (Å²) in [6.45, 7) is 2.76. The van der Waals surface area contributed by atoms with Crippen molar-refractivity contribution in [3.63, 3.8) is 0 Å². The Morgan fingerprint density at radius 1 is 1.36 bits per heavy atom. The molecule has 0 aliphatic rings. The zero-order valence-corrected chi connectivity index (χ0v) is 8.11. The molecule has 0 aromatic heterocycles. The molecule has 0 fully saturated rings. The molecule has 0 aliphatic heterocycles. The van der Waals surface area contributed by atoms with Gasteiger partial charge >= 0.3 is 16.1 Å². The minimum atomic E-state index is -4.22. The van der Waals surface area contributed by atoms with E-state index >= 15 is 0 Å². The molecule has 0 unspecified atom stereocenters. The van der Waals surface area contributed by atoms with Crippen LogP contribution in [0.3, 0.4) is 0 Å². The summed E-state index contributed by atoms with van der Waals surface area (Å²) in [5, 5.41) is 15.2. The number of rotatable bonds is 4. The smallest absolute Gasteiger partial charge is 0.331 e. The van der Waals surface area contributed by atoms with Crippen molar-refractivity contribution in [2.45, 2.75) is 0 Å². The van der Waals surface area contributed by atoms with Gasteiger partial charge in [-0.15, -0.1) is 0 Å². The maximum Gasteiger partial charge on any atom is 0.331 e. The predicted molar refractivity (Wildman–Crippen MR) is 46.9 cm³/mol. The second kappa shape index (κ2) is 8.63. The summed E-state index contributed by atoms with van der Waals surface area (Å²) < 4.78 is 31.8. The maximum atomic E-state index is 10.1. The Kier molecular flexibility index (Phi) is 9.56. The summed E-state index contributed by atoms with van der Waals surface area (Å²) in [5.74, 6) is -1.92. The fourth-order valence-corrected chi connectivity index (χ4v) is 0.457. The van der Waals surface area contributed by atoms with Crippen LogP contribution in [0, 0.1) is 0 Å². The second-order valence-electron chi connectivity index (χ2n) is 1.81. The molecule has 0 bridgehead atoms. The van der Waals surface area contributed by atoms with Crippen molar-refractivity contribution in [3.8, 4) is 0 Å². The Labute approximate surface area is 81.4 Å². The van der Waals surface area contributed by atoms with Gasteiger partial charge in [0.05, 0.1) is 13.2 Å². The molecule has 3 N–H and O–H groups in total. The van der Waals surface area contributed by atoms with Gasteiger partial charge < -0.3 is 14.9 Å². The number of ether oxygens (including phenoxy) is 1. The van der Waals surface area contributed by atoms with Crippen LogP contribution < -0.4 is 0 Å². The lowest BCUT2D eigenvalue weighted by Gasteiger charge is -1.95. The zero-order chi connectivity index (χ0) is 11.6. The van der Waals surface area contributed by atoms with E-state index in [1.807, 2.05) is 0 Å². The van der Waals surface area contributed by atoms with E-state index in [9.17, 15) is 13.2 Å². The van der Waals surface area contributed by atoms with Crippen molar-refractivity contribution in [3.05, 3.63) is 12.7 Å². The monoisotopic (exact) mass is 228 g/mol. The van der Waals surface area contributed by atoms with Crippen LogP contribution in [-0.2, 0) is 19.6 Å². The number of aliphatic hydroxyl groups is 2. The van der Waals surface area contributed by atoms with Crippen molar-refractivity contribution < 1.29 is 32.7 Å². The van der Waals surface area contributed by atoms with Gasteiger partial charge in [0.25, 0.3) is 0 Å². The third-order valence-electron chi connectivity index (χ3n) is 0.617. The highest BCUT2D eigenvalue weighted by Crippen LogP contribution is 1.85. The summed E-state index contributed by atoms with van der Waals surface area (Å²) in [5.41, 5.74) is 0. The van der Waals surface area contributed by atoms with E-state index < -0.39 is 22.0 Å². The molecule has 0 atom stereocenters. The number of carbonyl (C=O) groups excluding carboxylic acids is 1. The molecular formula is C6H12O7S. The minimum absolute atomic E-state index is 0.125. The summed E-state index contributed by atoms with van der Waals surface area (Å²) in [4.78, 5) is 10.1. The van der Waals surface area contributed by atoms with E-state index in [-0.39, 0.29) is 13.2 Å². The Morgan fingerprint density at radius 2 is 1.79 bits per heavy atom. The van der Waals surface area contributed by atoms with Crippen LogP contribution in [0.4, 0.5) is 0 Å². The highest BCUT2D eigenvalue weighted by molar-refractivity contribution is 7.85. The van der Waals surface area contributed by atoms with E-state index in [1.165, 1.54) is 0 Å². The van der Waals surface area contributed by atoms with Gasteiger partial charge in [-0.3, -0.25) is 4.55 Å². The summed E-state index contributed by atoms with van der Waals surface area (Å²) in [6.07, 6.45) is 0.797. The number of esters is 1. The Bertz CT molecular complexity index is 253. The predicted octanol–water partition coefficient (Wildman–Crippen LogP) is -1.47. The number of carbonyl (C=O) groups is 1. The SMILES string of the molecule is C=CC(=O)OCS(=O)(=O)O.OCCO. The van der Waals surface area contributed by atoms with E-state index in [0.29, 0.717) is 0 Å². The molecule has 14 heavy (non-hydrogen) atoms. The van der Waals surface area contributed by atoms with Crippen molar-refractivity contribution in [2.75, 3.05) is 19.2 Å². The Morgan fingerprint density at radius 3 is 2.00 bits per heavy atom. The molecule has 0 aromatic rings. The van der Waals surface area contributed by atoms with E-state index in [2.05, 4.69) is 11.3 Å². The third kappa shape index (κ3) is 17.2. The first-order chi connectivity index (χ1) is 6.37. The Balaban J connectivity index is 0. The van der Waals surface area contributed by atoms with Crippen molar-refractivity contribution in [1.82, 2.24) is 0 Å². The molecule has 0 saturated heterocycles. The average molecular weight is 228 g/mol. The van der Waals surface area contributed by atoms with Gasteiger partial charge in [-0.2, -0.15) is 8.42 Å². The Hall–Kier alpha value is -0.960. The van der Waals surface area contributed by atoms with Gasteiger partial charge in [-0.05, 0) is 0 Å². The summed E-state index contributed by atoms with van der Waals surface area (Å²) in [6, 6.07) is 0. The van der Waals surface area contributed by atoms with E-state index in [0.717, 1.165) is 6.08 Å². The van der Waals surface area contributed by atoms with E-state index in [1.54, 1.807) is 0 Å². The molecule has 7 nitrogen and oxygen atoms in total. The lowest BCUT2D eigenvalue weighted by molar-refractivity contribution is -0.135. The number of aliphatic hydroxyl groups excluding tert-OH is 2. The number of hydrogen-bond acceptors (Lipinski definition) is 6. The first-order valence-corrected chi connectivity index (χ1v) is 4.94. The van der Waals surface area contributed by atoms with Gasteiger partial charge in [-0.25, -0.2) is 4.79 Å². The van der Waals surface area contributed by atoms with Gasteiger partial charge in [-0.1, -0.05) is 6.58 Å². The normalized spacial score (nSPS) is 9.64. The van der Waals surface area contributed by atoms with Crippen LogP contribution in [-0.4, -0.2) is 48.3 Å². The average Bonchev–Trinajstić information content (AvgIpc) is 2.13. The fourth-order valence-electron chi connectivity index (χ4n) is 0.191. The fraction of sp³-hybridized carbons (Fsp3) is 0.500. The van der Waals surface area contributed by atoms with Gasteiger partial charge in [0.2, 0.25) is 5.94 Å². The molecule has 0 spiro atoms. The van der Waals surface area contributed by atoms with Crippen LogP contribution in [0.1, 0.15) is 0 Å². The van der Waals surface area contributed by atoms with E-state index in [4.69, 9.17) is 14.8 Å². The molecule has 0 radical (unpaired) electrons. The zero-order valence-electron chi connectivity index (χ0n) is 7.29. The molecule has 0 aromatic carbocycles. The molecular weight excluding hydrogens is 216 g/mol. The van der Waals surface area contributed by atoms with Crippen LogP contribution in [0.25, 0.3) is 0 Å². The molecule has 8 heteroatoms. The van der Waals surface area contributed by atoms with Gasteiger partial charge in [0, 0.05) is 6.08 Å². The molecule has 84 valence electrons. The summed E-state index contributed by atoms with van der Waals surface area (Å²) in [7, 11) is -4.22. The molecule has 0 amide bonds. The van der Waals surface area contributed by atoms with Gasteiger partial charge in [0.1, 0.15) is 0 Å². The second-order valence-corrected chi connectivity index (χ2v) is 3.21. The molecule has 0 rings (SSSR count). The van der Waals surface area contributed by atoms with Crippen molar-refractivity contribution >= 4 is 16.1 Å². The third-order valence-corrected chi connectivity index (χ3v) is 1.03.